The molecule has 0 radical (unpaired) electrons. The number of aryl methyl sites for hydroxylation is 1. The summed E-state index contributed by atoms with van der Waals surface area (Å²) in [4.78, 5) is 7.92. The fourth-order valence-corrected chi connectivity index (χ4v) is 0.701. The molecule has 1 rings (SSSR count). The van der Waals surface area contributed by atoms with E-state index in [2.05, 4.69) is 9.97 Å². The molecule has 12 heavy (non-hydrogen) atoms. The van der Waals surface area contributed by atoms with Crippen LogP contribution in [0.3, 0.4) is 0 Å². The van der Waals surface area contributed by atoms with Crippen molar-refractivity contribution in [2.24, 2.45) is 0 Å². The molecule has 0 spiro atoms. The summed E-state index contributed by atoms with van der Waals surface area (Å²) >= 11 is 0. The number of hydrogen-bond donors (Lipinski definition) is 1. The number of nitrogen functional groups attached to an aromatic ring is 1. The fraction of sp³-hybridized carbons (Fsp3) is 0.500. The summed E-state index contributed by atoms with van der Waals surface area (Å²) in [6.07, 6.45) is 2.60. The number of hydrogen-bond acceptors (Lipinski definition) is 4. The predicted octanol–water partition coefficient (Wildman–Crippen LogP) is 1.16. The van der Waals surface area contributed by atoms with Crippen molar-refractivity contribution >= 4 is 5.82 Å². The number of anilines is 1. The van der Waals surface area contributed by atoms with Gasteiger partial charge in [-0.15, -0.1) is 0 Å². The lowest BCUT2D eigenvalue weighted by Gasteiger charge is -2.03. The van der Waals surface area contributed by atoms with Gasteiger partial charge in [0.05, 0.1) is 6.61 Å². The summed E-state index contributed by atoms with van der Waals surface area (Å²) < 4.78 is 5.19. The van der Waals surface area contributed by atoms with Gasteiger partial charge in [-0.25, -0.2) is 4.98 Å². The van der Waals surface area contributed by atoms with E-state index >= 15 is 0 Å². The van der Waals surface area contributed by atoms with E-state index in [0.29, 0.717) is 18.4 Å². The molecule has 1 aromatic rings. The Bertz CT molecular complexity index is 262. The number of ether oxygens (including phenoxy) is 1. The first-order chi connectivity index (χ1) is 5.74. The quantitative estimate of drug-likeness (QED) is 0.733. The Morgan fingerprint density at radius 1 is 1.58 bits per heavy atom. The Morgan fingerprint density at radius 3 is 2.92 bits per heavy atom. The second-order valence-corrected chi connectivity index (χ2v) is 2.57. The third-order valence-corrected chi connectivity index (χ3v) is 1.42. The molecule has 66 valence electrons. The summed E-state index contributed by atoms with van der Waals surface area (Å²) in [5, 5.41) is 0. The second kappa shape index (κ2) is 3.90. The van der Waals surface area contributed by atoms with Gasteiger partial charge in [-0.1, -0.05) is 6.92 Å². The average molecular weight is 167 g/mol. The standard InChI is InChI=1S/C8H13N3O/c1-3-4-12-8-10-5-6(2)7(9)11-8/h5H,3-4H2,1-2H3,(H2,9,10,11). The zero-order valence-corrected chi connectivity index (χ0v) is 7.37. The van der Waals surface area contributed by atoms with Gasteiger partial charge in [0, 0.05) is 11.8 Å². The molecular formula is C8H13N3O. The number of nitrogens with two attached hydrogens (primary N) is 1. The Labute approximate surface area is 71.8 Å². The molecule has 0 aromatic carbocycles. The van der Waals surface area contributed by atoms with Crippen molar-refractivity contribution in [3.8, 4) is 6.01 Å². The molecule has 1 aromatic heterocycles. The highest BCUT2D eigenvalue weighted by atomic mass is 16.5. The van der Waals surface area contributed by atoms with Crippen LogP contribution in [0.2, 0.25) is 0 Å². The third-order valence-electron chi connectivity index (χ3n) is 1.42. The van der Waals surface area contributed by atoms with Crippen LogP contribution < -0.4 is 10.5 Å². The van der Waals surface area contributed by atoms with Crippen LogP contribution in [-0.2, 0) is 0 Å². The molecule has 0 saturated heterocycles. The smallest absolute Gasteiger partial charge is 0.318 e. The van der Waals surface area contributed by atoms with Crippen LogP contribution in [0.15, 0.2) is 6.20 Å². The highest BCUT2D eigenvalue weighted by molar-refractivity contribution is 5.36. The van der Waals surface area contributed by atoms with E-state index < -0.39 is 0 Å². The molecular weight excluding hydrogens is 154 g/mol. The molecule has 0 unspecified atom stereocenters. The van der Waals surface area contributed by atoms with Crippen LogP contribution in [0.25, 0.3) is 0 Å². The maximum atomic E-state index is 5.56. The molecule has 0 aliphatic rings. The van der Waals surface area contributed by atoms with Crippen molar-refractivity contribution in [3.05, 3.63) is 11.8 Å². The maximum absolute atomic E-state index is 5.56. The van der Waals surface area contributed by atoms with E-state index in [0.717, 1.165) is 12.0 Å². The molecule has 0 aliphatic carbocycles. The van der Waals surface area contributed by atoms with Crippen molar-refractivity contribution in [2.45, 2.75) is 20.3 Å². The SMILES string of the molecule is CCCOc1ncc(C)c(N)n1. The molecule has 2 N–H and O–H groups in total. The van der Waals surface area contributed by atoms with Crippen LogP contribution in [0.1, 0.15) is 18.9 Å². The van der Waals surface area contributed by atoms with E-state index in [9.17, 15) is 0 Å². The van der Waals surface area contributed by atoms with Crippen molar-refractivity contribution < 1.29 is 4.74 Å². The van der Waals surface area contributed by atoms with Crippen LogP contribution >= 0.6 is 0 Å². The van der Waals surface area contributed by atoms with E-state index in [1.54, 1.807) is 6.20 Å². The normalized spacial score (nSPS) is 9.83. The van der Waals surface area contributed by atoms with Crippen molar-refractivity contribution in [3.63, 3.8) is 0 Å². The summed E-state index contributed by atoms with van der Waals surface area (Å²) in [6, 6.07) is 0.361. The lowest BCUT2D eigenvalue weighted by molar-refractivity contribution is 0.292. The van der Waals surface area contributed by atoms with Crippen LogP contribution in [0, 0.1) is 6.92 Å². The van der Waals surface area contributed by atoms with Gasteiger partial charge in [-0.3, -0.25) is 0 Å². The summed E-state index contributed by atoms with van der Waals surface area (Å²) in [7, 11) is 0. The van der Waals surface area contributed by atoms with Gasteiger partial charge in [0.2, 0.25) is 0 Å². The second-order valence-electron chi connectivity index (χ2n) is 2.57. The highest BCUT2D eigenvalue weighted by Crippen LogP contribution is 2.09. The molecule has 0 bridgehead atoms. The Balaban J connectivity index is 2.69. The van der Waals surface area contributed by atoms with Gasteiger partial charge < -0.3 is 10.5 Å². The zero-order valence-electron chi connectivity index (χ0n) is 7.37. The highest BCUT2D eigenvalue weighted by Gasteiger charge is 1.99. The largest absolute Gasteiger partial charge is 0.463 e. The average Bonchev–Trinajstić information content (AvgIpc) is 2.07. The number of nitrogens with zero attached hydrogens (tertiary/aromatic N) is 2. The van der Waals surface area contributed by atoms with Gasteiger partial charge in [-0.05, 0) is 13.3 Å². The number of rotatable bonds is 3. The minimum atomic E-state index is 0.361. The molecule has 0 fully saturated rings. The molecule has 0 atom stereocenters. The minimum absolute atomic E-state index is 0.361. The van der Waals surface area contributed by atoms with Crippen molar-refractivity contribution in [1.82, 2.24) is 9.97 Å². The molecule has 0 saturated carbocycles. The summed E-state index contributed by atoms with van der Waals surface area (Å²) in [5.41, 5.74) is 6.44. The monoisotopic (exact) mass is 167 g/mol. The third kappa shape index (κ3) is 2.08. The van der Waals surface area contributed by atoms with E-state index in [1.807, 2.05) is 13.8 Å². The van der Waals surface area contributed by atoms with Gasteiger partial charge in [-0.2, -0.15) is 4.98 Å². The van der Waals surface area contributed by atoms with Gasteiger partial charge in [0.15, 0.2) is 0 Å². The Kier molecular flexibility index (Phi) is 2.85. The van der Waals surface area contributed by atoms with Crippen molar-refractivity contribution in [1.29, 1.82) is 0 Å². The van der Waals surface area contributed by atoms with Gasteiger partial charge in [0.25, 0.3) is 0 Å². The summed E-state index contributed by atoms with van der Waals surface area (Å²) in [6.45, 7) is 4.51. The maximum Gasteiger partial charge on any atom is 0.318 e. The Hall–Kier alpha value is -1.32. The van der Waals surface area contributed by atoms with E-state index in [1.165, 1.54) is 0 Å². The molecule has 4 heteroatoms. The molecule has 0 aliphatic heterocycles. The first kappa shape index (κ1) is 8.77. The Morgan fingerprint density at radius 2 is 2.33 bits per heavy atom. The van der Waals surface area contributed by atoms with Crippen LogP contribution in [-0.4, -0.2) is 16.6 Å². The van der Waals surface area contributed by atoms with Crippen LogP contribution in [0.4, 0.5) is 5.82 Å². The zero-order chi connectivity index (χ0) is 8.97. The van der Waals surface area contributed by atoms with Crippen molar-refractivity contribution in [2.75, 3.05) is 12.3 Å². The lowest BCUT2D eigenvalue weighted by atomic mass is 10.4. The topological polar surface area (TPSA) is 61.0 Å². The number of aromatic nitrogens is 2. The molecule has 1 heterocycles. The van der Waals surface area contributed by atoms with Gasteiger partial charge >= 0.3 is 6.01 Å². The summed E-state index contributed by atoms with van der Waals surface area (Å²) in [5.74, 6) is 0.483. The first-order valence-corrected chi connectivity index (χ1v) is 3.96. The van der Waals surface area contributed by atoms with Gasteiger partial charge in [0.1, 0.15) is 5.82 Å². The predicted molar refractivity (Wildman–Crippen MR) is 47.0 cm³/mol. The van der Waals surface area contributed by atoms with Crippen LogP contribution in [0.5, 0.6) is 6.01 Å². The minimum Gasteiger partial charge on any atom is -0.463 e. The van der Waals surface area contributed by atoms with E-state index in [-0.39, 0.29) is 0 Å². The fourth-order valence-electron chi connectivity index (χ4n) is 0.701. The first-order valence-electron chi connectivity index (χ1n) is 3.96. The molecule has 4 nitrogen and oxygen atoms in total. The van der Waals surface area contributed by atoms with E-state index in [4.69, 9.17) is 10.5 Å². The molecule has 0 amide bonds. The lowest BCUT2D eigenvalue weighted by Crippen LogP contribution is -2.03.